The van der Waals surface area contributed by atoms with E-state index in [1.54, 1.807) is 12.1 Å². The molecule has 1 aromatic carbocycles. The lowest BCUT2D eigenvalue weighted by molar-refractivity contribution is -0.142. The SMILES string of the molecule is N#Cc1nc(-c2cccc(F)c2)oc1N1CCC(C(=O)O)CC1. The van der Waals surface area contributed by atoms with Gasteiger partial charge in [-0.15, -0.1) is 0 Å². The molecule has 1 aromatic heterocycles. The molecule has 0 bridgehead atoms. The fourth-order valence-corrected chi connectivity index (χ4v) is 2.67. The van der Waals surface area contributed by atoms with Crippen molar-refractivity contribution in [2.24, 2.45) is 5.92 Å². The molecule has 7 heteroatoms. The van der Waals surface area contributed by atoms with E-state index in [1.807, 2.05) is 11.0 Å². The number of hydrogen-bond donors (Lipinski definition) is 1. The van der Waals surface area contributed by atoms with E-state index < -0.39 is 11.8 Å². The number of piperidine rings is 1. The first-order valence-corrected chi connectivity index (χ1v) is 7.23. The molecule has 23 heavy (non-hydrogen) atoms. The second-order valence-corrected chi connectivity index (χ2v) is 5.39. The highest BCUT2D eigenvalue weighted by atomic mass is 19.1. The van der Waals surface area contributed by atoms with Gasteiger partial charge in [0, 0.05) is 18.7 Å². The van der Waals surface area contributed by atoms with Gasteiger partial charge in [-0.2, -0.15) is 10.2 Å². The summed E-state index contributed by atoms with van der Waals surface area (Å²) in [7, 11) is 0. The van der Waals surface area contributed by atoms with Crippen molar-refractivity contribution < 1.29 is 18.7 Å². The van der Waals surface area contributed by atoms with Crippen LogP contribution in [0.5, 0.6) is 0 Å². The molecule has 2 aromatic rings. The van der Waals surface area contributed by atoms with E-state index >= 15 is 0 Å². The Bertz CT molecular complexity index is 773. The molecule has 0 aliphatic carbocycles. The number of carboxylic acid groups (broad SMARTS) is 1. The van der Waals surface area contributed by atoms with E-state index in [4.69, 9.17) is 9.52 Å². The summed E-state index contributed by atoms with van der Waals surface area (Å²) < 4.78 is 19.0. The van der Waals surface area contributed by atoms with Crippen molar-refractivity contribution in [2.75, 3.05) is 18.0 Å². The molecule has 1 saturated heterocycles. The highest BCUT2D eigenvalue weighted by Gasteiger charge is 2.28. The quantitative estimate of drug-likeness (QED) is 0.936. The van der Waals surface area contributed by atoms with Crippen LogP contribution in [0.15, 0.2) is 28.7 Å². The van der Waals surface area contributed by atoms with Gasteiger partial charge in [0.15, 0.2) is 0 Å². The van der Waals surface area contributed by atoms with Gasteiger partial charge in [-0.1, -0.05) is 6.07 Å². The lowest BCUT2D eigenvalue weighted by atomic mass is 9.97. The van der Waals surface area contributed by atoms with Crippen molar-refractivity contribution >= 4 is 11.9 Å². The Balaban J connectivity index is 1.86. The molecule has 118 valence electrons. The van der Waals surface area contributed by atoms with E-state index in [-0.39, 0.29) is 17.5 Å². The number of hydrogen-bond acceptors (Lipinski definition) is 5. The van der Waals surface area contributed by atoms with Crippen LogP contribution in [0.25, 0.3) is 11.5 Å². The minimum Gasteiger partial charge on any atom is -0.481 e. The fourth-order valence-electron chi connectivity index (χ4n) is 2.67. The normalized spacial score (nSPS) is 15.4. The Hall–Kier alpha value is -2.88. The highest BCUT2D eigenvalue weighted by Crippen LogP contribution is 2.31. The van der Waals surface area contributed by atoms with Gasteiger partial charge in [0.1, 0.15) is 11.9 Å². The Morgan fingerprint density at radius 2 is 2.17 bits per heavy atom. The summed E-state index contributed by atoms with van der Waals surface area (Å²) in [4.78, 5) is 16.9. The van der Waals surface area contributed by atoms with Crippen LogP contribution in [0.4, 0.5) is 10.3 Å². The summed E-state index contributed by atoms with van der Waals surface area (Å²) >= 11 is 0. The molecule has 1 aliphatic rings. The van der Waals surface area contributed by atoms with Gasteiger partial charge in [0.05, 0.1) is 5.92 Å². The summed E-state index contributed by atoms with van der Waals surface area (Å²) in [5.74, 6) is -1.10. The van der Waals surface area contributed by atoms with Crippen molar-refractivity contribution in [2.45, 2.75) is 12.8 Å². The number of benzene rings is 1. The predicted octanol–water partition coefficient (Wildman–Crippen LogP) is 2.65. The summed E-state index contributed by atoms with van der Waals surface area (Å²) in [6, 6.07) is 7.76. The highest BCUT2D eigenvalue weighted by molar-refractivity contribution is 5.70. The van der Waals surface area contributed by atoms with Crippen molar-refractivity contribution in [1.82, 2.24) is 4.98 Å². The van der Waals surface area contributed by atoms with Crippen LogP contribution in [0.1, 0.15) is 18.5 Å². The number of oxazole rings is 1. The summed E-state index contributed by atoms with van der Waals surface area (Å²) in [6.45, 7) is 0.951. The Kier molecular flexibility index (Phi) is 3.98. The minimum absolute atomic E-state index is 0.123. The standard InChI is InChI=1S/C16H14FN3O3/c17-12-3-1-2-11(8-12)14-19-13(9-18)15(23-14)20-6-4-10(5-7-20)16(21)22/h1-3,8,10H,4-7H2,(H,21,22). The first kappa shape index (κ1) is 15.0. The maximum atomic E-state index is 13.3. The van der Waals surface area contributed by atoms with Gasteiger partial charge in [-0.05, 0) is 31.0 Å². The lowest BCUT2D eigenvalue weighted by Crippen LogP contribution is -2.36. The molecule has 0 atom stereocenters. The average molecular weight is 315 g/mol. The minimum atomic E-state index is -0.803. The summed E-state index contributed by atoms with van der Waals surface area (Å²) in [6.07, 6.45) is 0.965. The van der Waals surface area contributed by atoms with Crippen LogP contribution >= 0.6 is 0 Å². The number of nitrogens with zero attached hydrogens (tertiary/aromatic N) is 3. The molecule has 0 spiro atoms. The zero-order valence-corrected chi connectivity index (χ0v) is 12.2. The average Bonchev–Trinajstić information content (AvgIpc) is 2.99. The van der Waals surface area contributed by atoms with Crippen LogP contribution < -0.4 is 4.90 Å². The summed E-state index contributed by atoms with van der Waals surface area (Å²) in [5, 5.41) is 18.3. The van der Waals surface area contributed by atoms with Gasteiger partial charge < -0.3 is 14.4 Å². The second kappa shape index (κ2) is 6.08. The van der Waals surface area contributed by atoms with Crippen molar-refractivity contribution in [3.8, 4) is 17.5 Å². The Labute approximate surface area is 131 Å². The first-order valence-electron chi connectivity index (χ1n) is 7.23. The van der Waals surface area contributed by atoms with Gasteiger partial charge in [-0.25, -0.2) is 4.39 Å². The van der Waals surface area contributed by atoms with E-state index in [2.05, 4.69) is 4.98 Å². The van der Waals surface area contributed by atoms with Crippen LogP contribution in [0, 0.1) is 23.1 Å². The smallest absolute Gasteiger partial charge is 0.306 e. The number of carboxylic acids is 1. The number of nitriles is 1. The molecular weight excluding hydrogens is 301 g/mol. The van der Waals surface area contributed by atoms with Crippen molar-refractivity contribution in [3.05, 3.63) is 35.8 Å². The van der Waals surface area contributed by atoms with Crippen molar-refractivity contribution in [3.63, 3.8) is 0 Å². The van der Waals surface area contributed by atoms with Crippen LogP contribution in [0.2, 0.25) is 0 Å². The third kappa shape index (κ3) is 3.01. The molecule has 0 unspecified atom stereocenters. The molecular formula is C16H14FN3O3. The van der Waals surface area contributed by atoms with Crippen LogP contribution in [0.3, 0.4) is 0 Å². The number of rotatable bonds is 3. The second-order valence-electron chi connectivity index (χ2n) is 5.39. The molecule has 1 N–H and O–H groups in total. The van der Waals surface area contributed by atoms with E-state index in [9.17, 15) is 14.4 Å². The zero-order chi connectivity index (χ0) is 16.4. The number of aromatic nitrogens is 1. The number of aliphatic carboxylic acids is 1. The molecule has 0 saturated carbocycles. The molecule has 1 aliphatic heterocycles. The monoisotopic (exact) mass is 315 g/mol. The van der Waals surface area contributed by atoms with E-state index in [0.717, 1.165) is 0 Å². The van der Waals surface area contributed by atoms with Crippen LogP contribution in [-0.2, 0) is 4.79 Å². The largest absolute Gasteiger partial charge is 0.481 e. The number of halogens is 1. The molecule has 3 rings (SSSR count). The molecule has 1 fully saturated rings. The molecule has 2 heterocycles. The molecule has 0 amide bonds. The van der Waals surface area contributed by atoms with E-state index in [1.165, 1.54) is 12.1 Å². The number of anilines is 1. The summed E-state index contributed by atoms with van der Waals surface area (Å²) in [5.41, 5.74) is 0.575. The van der Waals surface area contributed by atoms with Crippen molar-refractivity contribution in [1.29, 1.82) is 5.26 Å². The van der Waals surface area contributed by atoms with Gasteiger partial charge >= 0.3 is 5.97 Å². The van der Waals surface area contributed by atoms with Gasteiger partial charge in [-0.3, -0.25) is 4.79 Å². The molecule has 6 nitrogen and oxygen atoms in total. The number of carbonyl (C=O) groups is 1. The van der Waals surface area contributed by atoms with Gasteiger partial charge in [0.2, 0.25) is 17.5 Å². The van der Waals surface area contributed by atoms with E-state index in [0.29, 0.717) is 37.4 Å². The topological polar surface area (TPSA) is 90.4 Å². The Morgan fingerprint density at radius 1 is 1.43 bits per heavy atom. The third-order valence-corrected chi connectivity index (χ3v) is 3.92. The Morgan fingerprint density at radius 3 is 2.78 bits per heavy atom. The maximum absolute atomic E-state index is 13.3. The lowest BCUT2D eigenvalue weighted by Gasteiger charge is -2.29. The fraction of sp³-hybridized carbons (Fsp3) is 0.312. The maximum Gasteiger partial charge on any atom is 0.306 e. The van der Waals surface area contributed by atoms with Crippen LogP contribution in [-0.4, -0.2) is 29.1 Å². The third-order valence-electron chi connectivity index (χ3n) is 3.92. The first-order chi connectivity index (χ1) is 11.1. The molecule has 0 radical (unpaired) electrons. The van der Waals surface area contributed by atoms with Gasteiger partial charge in [0.25, 0.3) is 0 Å². The zero-order valence-electron chi connectivity index (χ0n) is 12.2. The predicted molar refractivity (Wildman–Crippen MR) is 79.2 cm³/mol.